The number of nitrogens with zero attached hydrogens (tertiary/aromatic N) is 7. The van der Waals surface area contributed by atoms with Gasteiger partial charge >= 0.3 is 6.03 Å². The number of hydrogen-bond donors (Lipinski definition) is 2. The number of rotatable bonds is 7. The quantitative estimate of drug-likeness (QED) is 0.338. The lowest BCUT2D eigenvalue weighted by atomic mass is 9.82. The first-order chi connectivity index (χ1) is 21.3. The van der Waals surface area contributed by atoms with Crippen molar-refractivity contribution in [3.63, 3.8) is 0 Å². The maximum Gasteiger partial charge on any atom is 0.318 e. The van der Waals surface area contributed by atoms with E-state index in [0.717, 1.165) is 68.2 Å². The molecule has 3 aromatic heterocycles. The Balaban J connectivity index is 0.910. The van der Waals surface area contributed by atoms with Gasteiger partial charge in [-0.3, -0.25) is 4.79 Å². The van der Waals surface area contributed by atoms with E-state index in [9.17, 15) is 9.59 Å². The predicted octanol–water partition coefficient (Wildman–Crippen LogP) is 3.39. The average Bonchev–Trinajstić information content (AvgIpc) is 3.76. The number of amides is 3. The highest BCUT2D eigenvalue weighted by Crippen LogP contribution is 2.36. The molecule has 1 spiro atoms. The molecule has 1 aromatic carbocycles. The summed E-state index contributed by atoms with van der Waals surface area (Å²) in [5.74, 6) is 0.659. The molecular weight excluding hydrogens is 554 g/mol. The van der Waals surface area contributed by atoms with E-state index >= 15 is 0 Å². The number of carbonyl (C=O) groups is 2. The number of aromatic nitrogens is 4. The van der Waals surface area contributed by atoms with Crippen LogP contribution in [0.2, 0.25) is 0 Å². The minimum atomic E-state index is -0.266. The highest BCUT2D eigenvalue weighted by Gasteiger charge is 2.44. The summed E-state index contributed by atoms with van der Waals surface area (Å²) in [4.78, 5) is 45.9. The highest BCUT2D eigenvalue weighted by molar-refractivity contribution is 5.94. The van der Waals surface area contributed by atoms with Crippen molar-refractivity contribution < 1.29 is 9.59 Å². The molecule has 228 valence electrons. The van der Waals surface area contributed by atoms with E-state index < -0.39 is 0 Å². The maximum atomic E-state index is 13.1. The summed E-state index contributed by atoms with van der Waals surface area (Å²) >= 11 is 0. The Morgan fingerprint density at radius 3 is 2.50 bits per heavy atom. The predicted molar refractivity (Wildman–Crippen MR) is 169 cm³/mol. The fourth-order valence-corrected chi connectivity index (χ4v) is 7.07. The van der Waals surface area contributed by atoms with Gasteiger partial charge < -0.3 is 29.7 Å². The van der Waals surface area contributed by atoms with Crippen molar-refractivity contribution >= 4 is 29.1 Å². The lowest BCUT2D eigenvalue weighted by Gasteiger charge is -2.39. The van der Waals surface area contributed by atoms with Gasteiger partial charge in [0, 0.05) is 76.0 Å². The first-order valence-corrected chi connectivity index (χ1v) is 15.5. The molecule has 2 N–H and O–H groups in total. The maximum absolute atomic E-state index is 13.1. The number of urea groups is 1. The minimum absolute atomic E-state index is 0.0760. The standard InChI is InChI=1S/C33H39N9O2/c1-24-20-26(41-14-8-32(2,22-41)25-6-4-3-5-7-25)21-37-27(24)30(43)36-13-19-42-23-33(38-31(42)44)9-15-39(16-10-33)28-29-35-12-18-40(29)17-11-34-28/h3-7,11-12,17-18,20-21H,8-10,13-16,19,22-23H2,1-2H3,(H,36,43)(H,38,44)/t32-/m0/s1. The van der Waals surface area contributed by atoms with Crippen LogP contribution in [0.1, 0.15) is 47.8 Å². The Morgan fingerprint density at radius 2 is 1.73 bits per heavy atom. The Morgan fingerprint density at radius 1 is 0.977 bits per heavy atom. The SMILES string of the molecule is Cc1cc(N2CC[C@](C)(c3ccccc3)C2)cnc1C(=O)NCCN1CC2(CCN(c3nccn4ccnc34)CC2)NC1=O. The lowest BCUT2D eigenvalue weighted by Crippen LogP contribution is -2.52. The zero-order chi connectivity index (χ0) is 30.3. The molecule has 7 rings (SSSR count). The highest BCUT2D eigenvalue weighted by atomic mass is 16.2. The number of pyridine rings is 1. The first-order valence-electron chi connectivity index (χ1n) is 15.5. The zero-order valence-electron chi connectivity index (χ0n) is 25.4. The molecule has 1 atom stereocenters. The van der Waals surface area contributed by atoms with Crippen molar-refractivity contribution in [1.29, 1.82) is 0 Å². The second-order valence-corrected chi connectivity index (χ2v) is 12.7. The van der Waals surface area contributed by atoms with Crippen LogP contribution >= 0.6 is 0 Å². The number of piperidine rings is 1. The van der Waals surface area contributed by atoms with Gasteiger partial charge in [0.2, 0.25) is 0 Å². The number of anilines is 2. The molecule has 0 radical (unpaired) electrons. The molecule has 3 aliphatic rings. The van der Waals surface area contributed by atoms with E-state index in [-0.39, 0.29) is 22.9 Å². The molecule has 11 heteroatoms. The number of benzene rings is 1. The average molecular weight is 594 g/mol. The molecule has 3 fully saturated rings. The van der Waals surface area contributed by atoms with Crippen molar-refractivity contribution in [3.8, 4) is 0 Å². The van der Waals surface area contributed by atoms with Crippen molar-refractivity contribution in [2.24, 2.45) is 0 Å². The van der Waals surface area contributed by atoms with Crippen LogP contribution < -0.4 is 20.4 Å². The molecule has 3 saturated heterocycles. The third-order valence-electron chi connectivity index (χ3n) is 9.72. The smallest absolute Gasteiger partial charge is 0.318 e. The summed E-state index contributed by atoms with van der Waals surface area (Å²) in [6, 6.07) is 12.7. The van der Waals surface area contributed by atoms with E-state index in [1.54, 1.807) is 12.4 Å². The van der Waals surface area contributed by atoms with Gasteiger partial charge in [0.15, 0.2) is 11.5 Å². The topological polar surface area (TPSA) is 111 Å². The van der Waals surface area contributed by atoms with Crippen LogP contribution in [0.5, 0.6) is 0 Å². The molecule has 0 unspecified atom stereocenters. The molecule has 11 nitrogen and oxygen atoms in total. The molecule has 6 heterocycles. The number of aryl methyl sites for hydroxylation is 1. The molecule has 3 amide bonds. The molecular formula is C33H39N9O2. The Kier molecular flexibility index (Phi) is 7.10. The Hall–Kier alpha value is -4.67. The summed E-state index contributed by atoms with van der Waals surface area (Å²) in [6.07, 6.45) is 11.9. The van der Waals surface area contributed by atoms with Crippen molar-refractivity contribution in [3.05, 3.63) is 84.2 Å². The lowest BCUT2D eigenvalue weighted by molar-refractivity contribution is 0.0944. The van der Waals surface area contributed by atoms with E-state index in [1.165, 1.54) is 5.56 Å². The third-order valence-corrected chi connectivity index (χ3v) is 9.72. The molecule has 0 aliphatic carbocycles. The van der Waals surface area contributed by atoms with Crippen LogP contribution in [0.25, 0.3) is 5.65 Å². The van der Waals surface area contributed by atoms with Crippen LogP contribution in [0.4, 0.5) is 16.3 Å². The Bertz CT molecular complexity index is 1680. The largest absolute Gasteiger partial charge is 0.369 e. The van der Waals surface area contributed by atoms with Crippen molar-refractivity contribution in [2.75, 3.05) is 55.6 Å². The third kappa shape index (κ3) is 5.20. The monoisotopic (exact) mass is 593 g/mol. The molecule has 4 aromatic rings. The fourth-order valence-electron chi connectivity index (χ4n) is 7.07. The van der Waals surface area contributed by atoms with Crippen LogP contribution in [0.3, 0.4) is 0 Å². The van der Waals surface area contributed by atoms with E-state index in [4.69, 9.17) is 0 Å². The van der Waals surface area contributed by atoms with E-state index in [1.807, 2.05) is 34.8 Å². The van der Waals surface area contributed by atoms with Crippen LogP contribution in [0.15, 0.2) is 67.4 Å². The van der Waals surface area contributed by atoms with E-state index in [2.05, 4.69) is 78.7 Å². The number of imidazole rings is 1. The summed E-state index contributed by atoms with van der Waals surface area (Å²) in [5.41, 5.74) is 4.34. The fraction of sp³-hybridized carbons (Fsp3) is 0.424. The minimum Gasteiger partial charge on any atom is -0.369 e. The van der Waals surface area contributed by atoms with Crippen LogP contribution in [0, 0.1) is 6.92 Å². The van der Waals surface area contributed by atoms with Gasteiger partial charge in [-0.05, 0) is 43.4 Å². The van der Waals surface area contributed by atoms with Crippen LogP contribution in [-0.4, -0.2) is 87.5 Å². The number of hydrogen-bond acceptors (Lipinski definition) is 7. The summed E-state index contributed by atoms with van der Waals surface area (Å²) in [6.45, 7) is 9.13. The summed E-state index contributed by atoms with van der Waals surface area (Å²) in [5, 5.41) is 6.22. The van der Waals surface area contributed by atoms with Gasteiger partial charge in [0.1, 0.15) is 5.69 Å². The van der Waals surface area contributed by atoms with Gasteiger partial charge in [-0.2, -0.15) is 0 Å². The summed E-state index contributed by atoms with van der Waals surface area (Å²) in [7, 11) is 0. The molecule has 3 aliphatic heterocycles. The van der Waals surface area contributed by atoms with E-state index in [0.29, 0.717) is 25.3 Å². The van der Waals surface area contributed by atoms with Gasteiger partial charge in [-0.15, -0.1) is 0 Å². The molecule has 0 bridgehead atoms. The molecule has 0 saturated carbocycles. The number of fused-ring (bicyclic) bond motifs is 1. The van der Waals surface area contributed by atoms with Gasteiger partial charge in [-0.25, -0.2) is 19.7 Å². The first kappa shape index (κ1) is 28.1. The number of carbonyl (C=O) groups excluding carboxylic acids is 2. The number of nitrogens with one attached hydrogen (secondary N) is 2. The zero-order valence-corrected chi connectivity index (χ0v) is 25.4. The van der Waals surface area contributed by atoms with Gasteiger partial charge in [-0.1, -0.05) is 37.3 Å². The Labute approximate surface area is 257 Å². The summed E-state index contributed by atoms with van der Waals surface area (Å²) < 4.78 is 1.97. The van der Waals surface area contributed by atoms with Crippen molar-refractivity contribution in [1.82, 2.24) is 34.9 Å². The van der Waals surface area contributed by atoms with Gasteiger partial charge in [0.05, 0.1) is 17.4 Å². The second-order valence-electron chi connectivity index (χ2n) is 12.7. The van der Waals surface area contributed by atoms with Crippen LogP contribution in [-0.2, 0) is 5.41 Å². The second kappa shape index (κ2) is 11.1. The molecule has 44 heavy (non-hydrogen) atoms. The van der Waals surface area contributed by atoms with Gasteiger partial charge in [0.25, 0.3) is 5.91 Å². The normalized spacial score (nSPS) is 21.3. The van der Waals surface area contributed by atoms with Crippen molar-refractivity contribution in [2.45, 2.75) is 44.1 Å².